The summed E-state index contributed by atoms with van der Waals surface area (Å²) in [5.74, 6) is -0.368. The van der Waals surface area contributed by atoms with Crippen LogP contribution in [-0.4, -0.2) is 17.9 Å². The fraction of sp³-hybridized carbons (Fsp3) is 0.333. The third kappa shape index (κ3) is 3.02. The summed E-state index contributed by atoms with van der Waals surface area (Å²) in [7, 11) is 0. The number of benzene rings is 1. The average molecular weight is 293 g/mol. The van der Waals surface area contributed by atoms with Gasteiger partial charge in [0.05, 0.1) is 0 Å². The van der Waals surface area contributed by atoms with Crippen molar-refractivity contribution in [1.29, 1.82) is 0 Å². The minimum atomic E-state index is -0.476. The van der Waals surface area contributed by atoms with Crippen LogP contribution in [0.2, 0.25) is 5.02 Å². The first-order chi connectivity index (χ1) is 9.52. The molecule has 5 heteroatoms. The number of carbonyl (C=O) groups is 2. The van der Waals surface area contributed by atoms with Crippen molar-refractivity contribution in [3.8, 4) is 0 Å². The third-order valence-electron chi connectivity index (χ3n) is 3.49. The summed E-state index contributed by atoms with van der Waals surface area (Å²) in [6.45, 7) is 3.92. The molecule has 1 aromatic carbocycles. The standard InChI is InChI=1S/C15H17ClN2O2/c1-3-9(2)13-15(20)17-12(14(19)18-13)8-10-6-4-5-7-11(10)16/h4-9,13H,3H2,1-2H3,(H,17,20)(H,18,19)/b12-8-. The Morgan fingerprint density at radius 2 is 2.05 bits per heavy atom. The summed E-state index contributed by atoms with van der Waals surface area (Å²) in [5.41, 5.74) is 0.921. The van der Waals surface area contributed by atoms with Gasteiger partial charge in [0.2, 0.25) is 5.91 Å². The maximum atomic E-state index is 12.0. The second kappa shape index (κ2) is 6.09. The highest BCUT2D eigenvalue weighted by Crippen LogP contribution is 2.19. The van der Waals surface area contributed by atoms with Crippen LogP contribution in [0.3, 0.4) is 0 Å². The topological polar surface area (TPSA) is 58.2 Å². The van der Waals surface area contributed by atoms with E-state index in [1.165, 1.54) is 0 Å². The fourth-order valence-electron chi connectivity index (χ4n) is 2.04. The Kier molecular flexibility index (Phi) is 4.45. The molecule has 1 heterocycles. The molecule has 0 aliphatic carbocycles. The Bertz CT molecular complexity index is 569. The second-order valence-electron chi connectivity index (χ2n) is 4.91. The summed E-state index contributed by atoms with van der Waals surface area (Å²) in [6, 6.07) is 6.68. The van der Waals surface area contributed by atoms with Crippen molar-refractivity contribution >= 4 is 29.5 Å². The largest absolute Gasteiger partial charge is 0.339 e. The molecular weight excluding hydrogens is 276 g/mol. The molecule has 1 saturated heterocycles. The molecule has 4 nitrogen and oxygen atoms in total. The predicted octanol–water partition coefficient (Wildman–Crippen LogP) is 2.34. The maximum Gasteiger partial charge on any atom is 0.268 e. The number of nitrogens with one attached hydrogen (secondary N) is 2. The first kappa shape index (κ1) is 14.6. The zero-order valence-electron chi connectivity index (χ0n) is 11.4. The van der Waals surface area contributed by atoms with Crippen molar-refractivity contribution in [3.05, 3.63) is 40.5 Å². The Morgan fingerprint density at radius 1 is 1.35 bits per heavy atom. The number of halogens is 1. The third-order valence-corrected chi connectivity index (χ3v) is 3.83. The van der Waals surface area contributed by atoms with Crippen molar-refractivity contribution in [2.75, 3.05) is 0 Å². The van der Waals surface area contributed by atoms with Gasteiger partial charge in [-0.15, -0.1) is 0 Å². The Hall–Kier alpha value is -1.81. The van der Waals surface area contributed by atoms with Crippen molar-refractivity contribution in [3.63, 3.8) is 0 Å². The van der Waals surface area contributed by atoms with Crippen LogP contribution in [0.5, 0.6) is 0 Å². The van der Waals surface area contributed by atoms with Gasteiger partial charge in [-0.1, -0.05) is 50.1 Å². The minimum absolute atomic E-state index is 0.0980. The monoisotopic (exact) mass is 292 g/mol. The average Bonchev–Trinajstić information content (AvgIpc) is 2.44. The lowest BCUT2D eigenvalue weighted by Crippen LogP contribution is -2.57. The molecule has 0 aromatic heterocycles. The molecule has 0 radical (unpaired) electrons. The second-order valence-corrected chi connectivity index (χ2v) is 5.31. The van der Waals surface area contributed by atoms with Gasteiger partial charge < -0.3 is 10.6 Å². The van der Waals surface area contributed by atoms with Gasteiger partial charge in [-0.3, -0.25) is 9.59 Å². The number of piperazine rings is 1. The molecule has 1 aliphatic heterocycles. The van der Waals surface area contributed by atoms with Crippen LogP contribution in [0.1, 0.15) is 25.8 Å². The fourth-order valence-corrected chi connectivity index (χ4v) is 2.23. The molecule has 2 N–H and O–H groups in total. The number of hydrogen-bond acceptors (Lipinski definition) is 2. The highest BCUT2D eigenvalue weighted by Gasteiger charge is 2.32. The lowest BCUT2D eigenvalue weighted by atomic mass is 9.96. The van der Waals surface area contributed by atoms with Crippen LogP contribution in [0.25, 0.3) is 6.08 Å². The van der Waals surface area contributed by atoms with Crippen LogP contribution >= 0.6 is 11.6 Å². The van der Waals surface area contributed by atoms with Gasteiger partial charge in [0.15, 0.2) is 0 Å². The smallest absolute Gasteiger partial charge is 0.268 e. The molecule has 106 valence electrons. The molecule has 2 atom stereocenters. The van der Waals surface area contributed by atoms with Crippen molar-refractivity contribution in [2.45, 2.75) is 26.3 Å². The number of hydrogen-bond donors (Lipinski definition) is 2. The molecule has 1 fully saturated rings. The molecule has 20 heavy (non-hydrogen) atoms. The van der Waals surface area contributed by atoms with E-state index in [2.05, 4.69) is 10.6 Å². The van der Waals surface area contributed by atoms with Gasteiger partial charge in [-0.2, -0.15) is 0 Å². The van der Waals surface area contributed by atoms with Crippen LogP contribution < -0.4 is 10.6 Å². The van der Waals surface area contributed by atoms with E-state index in [-0.39, 0.29) is 23.4 Å². The van der Waals surface area contributed by atoms with Crippen LogP contribution in [0.15, 0.2) is 30.0 Å². The molecule has 1 aromatic rings. The van der Waals surface area contributed by atoms with E-state index in [1.807, 2.05) is 26.0 Å². The molecule has 1 aliphatic rings. The summed E-state index contributed by atoms with van der Waals surface area (Å²) in [6.07, 6.45) is 2.41. The number of carbonyl (C=O) groups excluding carboxylic acids is 2. The molecule has 0 saturated carbocycles. The van der Waals surface area contributed by atoms with Crippen LogP contribution in [0, 0.1) is 5.92 Å². The van der Waals surface area contributed by atoms with E-state index in [1.54, 1.807) is 18.2 Å². The Balaban J connectivity index is 2.23. The van der Waals surface area contributed by atoms with E-state index in [9.17, 15) is 9.59 Å². The highest BCUT2D eigenvalue weighted by atomic mass is 35.5. The van der Waals surface area contributed by atoms with Gasteiger partial charge in [0, 0.05) is 5.02 Å². The molecule has 0 bridgehead atoms. The Morgan fingerprint density at radius 3 is 2.70 bits per heavy atom. The van der Waals surface area contributed by atoms with Gasteiger partial charge in [0.25, 0.3) is 5.91 Å². The van der Waals surface area contributed by atoms with Crippen molar-refractivity contribution < 1.29 is 9.59 Å². The first-order valence-electron chi connectivity index (χ1n) is 6.61. The molecule has 2 amide bonds. The quantitative estimate of drug-likeness (QED) is 0.840. The number of rotatable bonds is 3. The normalized spacial score (nSPS) is 22.4. The summed E-state index contributed by atoms with van der Waals surface area (Å²) in [4.78, 5) is 24.1. The van der Waals surface area contributed by atoms with E-state index in [4.69, 9.17) is 11.6 Å². The van der Waals surface area contributed by atoms with Crippen molar-refractivity contribution in [2.24, 2.45) is 5.92 Å². The van der Waals surface area contributed by atoms with Gasteiger partial charge in [-0.05, 0) is 23.6 Å². The van der Waals surface area contributed by atoms with Gasteiger partial charge in [-0.25, -0.2) is 0 Å². The molecular formula is C15H17ClN2O2. The minimum Gasteiger partial charge on any atom is -0.339 e. The SMILES string of the molecule is CCC(C)C1NC(=O)/C(=C/c2ccccc2Cl)NC1=O. The first-order valence-corrected chi connectivity index (χ1v) is 6.98. The predicted molar refractivity (Wildman–Crippen MR) is 79.0 cm³/mol. The van der Waals surface area contributed by atoms with E-state index in [0.717, 1.165) is 6.42 Å². The molecule has 2 rings (SSSR count). The van der Waals surface area contributed by atoms with Crippen LogP contribution in [-0.2, 0) is 9.59 Å². The van der Waals surface area contributed by atoms with E-state index in [0.29, 0.717) is 10.6 Å². The van der Waals surface area contributed by atoms with E-state index >= 15 is 0 Å². The number of amides is 2. The molecule has 2 unspecified atom stereocenters. The maximum absolute atomic E-state index is 12.0. The van der Waals surface area contributed by atoms with Gasteiger partial charge >= 0.3 is 0 Å². The summed E-state index contributed by atoms with van der Waals surface area (Å²) in [5, 5.41) is 5.94. The van der Waals surface area contributed by atoms with Crippen LogP contribution in [0.4, 0.5) is 0 Å². The lowest BCUT2D eigenvalue weighted by Gasteiger charge is -2.28. The van der Waals surface area contributed by atoms with Gasteiger partial charge in [0.1, 0.15) is 11.7 Å². The summed E-state index contributed by atoms with van der Waals surface area (Å²) < 4.78 is 0. The zero-order valence-corrected chi connectivity index (χ0v) is 12.2. The highest BCUT2D eigenvalue weighted by molar-refractivity contribution is 6.32. The Labute approximate surface area is 123 Å². The molecule has 0 spiro atoms. The lowest BCUT2D eigenvalue weighted by molar-refractivity contribution is -0.132. The summed E-state index contributed by atoms with van der Waals surface area (Å²) >= 11 is 6.04. The van der Waals surface area contributed by atoms with Crippen molar-refractivity contribution in [1.82, 2.24) is 10.6 Å². The zero-order chi connectivity index (χ0) is 14.7. The van der Waals surface area contributed by atoms with E-state index < -0.39 is 6.04 Å².